The van der Waals surface area contributed by atoms with Crippen LogP contribution in [-0.2, 0) is 11.2 Å². The second kappa shape index (κ2) is 12.0. The number of furan rings is 1. The minimum absolute atomic E-state index is 0.0650. The summed E-state index contributed by atoms with van der Waals surface area (Å²) < 4.78 is 18.3. The molecule has 8 rings (SSSR count). The van der Waals surface area contributed by atoms with Crippen molar-refractivity contribution in [1.29, 1.82) is 0 Å². The predicted octanol–water partition coefficient (Wildman–Crippen LogP) is 5.83. The van der Waals surface area contributed by atoms with E-state index in [-0.39, 0.29) is 11.9 Å². The molecule has 4 bridgehead atoms. The van der Waals surface area contributed by atoms with Crippen LogP contribution in [-0.4, -0.2) is 73.0 Å². The number of piperazine rings is 1. The summed E-state index contributed by atoms with van der Waals surface area (Å²) in [5.41, 5.74) is 2.00. The van der Waals surface area contributed by atoms with Crippen LogP contribution in [0, 0.1) is 23.7 Å². The van der Waals surface area contributed by atoms with Gasteiger partial charge in [-0.2, -0.15) is 0 Å². The van der Waals surface area contributed by atoms with Crippen LogP contribution in [0.25, 0.3) is 17.4 Å². The topological polar surface area (TPSA) is 67.2 Å². The number of aryl methyl sites for hydroxylation is 1. The summed E-state index contributed by atoms with van der Waals surface area (Å²) in [6, 6.07) is 8.17. The summed E-state index contributed by atoms with van der Waals surface area (Å²) in [6.07, 6.45) is 10.3. The van der Waals surface area contributed by atoms with Crippen molar-refractivity contribution in [2.45, 2.75) is 51.0 Å². The summed E-state index contributed by atoms with van der Waals surface area (Å²) in [5, 5.41) is 3.43. The molecule has 6 fully saturated rings. The lowest BCUT2D eigenvalue weighted by Gasteiger charge is -2.56. The molecule has 2 aromatic rings. The zero-order valence-electron chi connectivity index (χ0n) is 24.6. The molecule has 1 N–H and O–H groups in total. The van der Waals surface area contributed by atoms with E-state index >= 15 is 0 Å². The van der Waals surface area contributed by atoms with Gasteiger partial charge in [0.1, 0.15) is 27.3 Å². The highest BCUT2D eigenvalue weighted by molar-refractivity contribution is 8.26. The van der Waals surface area contributed by atoms with Gasteiger partial charge in [-0.1, -0.05) is 24.0 Å². The number of nitrogens with one attached hydrogen (secondary N) is 1. The first-order valence-electron chi connectivity index (χ1n) is 15.6. The number of thioether (sulfide) groups is 1. The standard InChI is InChI=1S/C33H41N3O4S2/c1-38-26-15-23(16-27(18-26)39-2)28-17-22(4-3-7-35-8-5-34-6-9-35)29(40-28)19-30-32(37)36(33(41)42-30)31-24-11-20-10-21(13-24)14-25(31)12-20/h15-21,24-25,31,34H,3-14H2,1-2H3/b30-19-. The number of nitrogens with zero attached hydrogens (tertiary/aromatic N) is 2. The molecule has 0 atom stereocenters. The Kier molecular flexibility index (Phi) is 8.11. The van der Waals surface area contributed by atoms with Gasteiger partial charge in [-0.3, -0.25) is 9.69 Å². The van der Waals surface area contributed by atoms with Crippen LogP contribution in [0.5, 0.6) is 11.5 Å². The number of methoxy groups -OCH3 is 2. The van der Waals surface area contributed by atoms with E-state index in [9.17, 15) is 4.79 Å². The molecule has 9 heteroatoms. The minimum Gasteiger partial charge on any atom is -0.497 e. The Morgan fingerprint density at radius 1 is 1.00 bits per heavy atom. The SMILES string of the molecule is COc1cc(OC)cc(-c2cc(CCCN3CCNCC3)c(/C=C3\SC(=S)N(C4C5CC6CC(C5)CC4C6)C3=O)o2)c1. The third-order valence-electron chi connectivity index (χ3n) is 10.2. The van der Waals surface area contributed by atoms with Crippen molar-refractivity contribution in [3.8, 4) is 22.8 Å². The van der Waals surface area contributed by atoms with Crippen molar-refractivity contribution < 1.29 is 18.7 Å². The lowest BCUT2D eigenvalue weighted by Crippen LogP contribution is -2.57. The normalized spacial score (nSPS) is 30.1. The van der Waals surface area contributed by atoms with Gasteiger partial charge in [0.2, 0.25) is 0 Å². The molecule has 1 aromatic carbocycles. The number of amides is 1. The van der Waals surface area contributed by atoms with Crippen LogP contribution >= 0.6 is 24.0 Å². The van der Waals surface area contributed by atoms with Gasteiger partial charge in [0, 0.05) is 49.9 Å². The van der Waals surface area contributed by atoms with Gasteiger partial charge >= 0.3 is 0 Å². The molecule has 42 heavy (non-hydrogen) atoms. The quantitative estimate of drug-likeness (QED) is 0.282. The van der Waals surface area contributed by atoms with Crippen molar-refractivity contribution in [2.24, 2.45) is 23.7 Å². The van der Waals surface area contributed by atoms with Crippen molar-refractivity contribution in [3.63, 3.8) is 0 Å². The number of carbonyl (C=O) groups excluding carboxylic acids is 1. The highest BCUT2D eigenvalue weighted by atomic mass is 32.2. The monoisotopic (exact) mass is 607 g/mol. The molecular weight excluding hydrogens is 567 g/mol. The van der Waals surface area contributed by atoms with Crippen LogP contribution < -0.4 is 14.8 Å². The van der Waals surface area contributed by atoms with Crippen LogP contribution in [0.4, 0.5) is 0 Å². The van der Waals surface area contributed by atoms with Gasteiger partial charge < -0.3 is 24.1 Å². The molecule has 3 heterocycles. The minimum atomic E-state index is 0.0650. The maximum absolute atomic E-state index is 14.0. The second-order valence-corrected chi connectivity index (χ2v) is 14.4. The van der Waals surface area contributed by atoms with E-state index in [0.29, 0.717) is 32.6 Å². The highest BCUT2D eigenvalue weighted by Crippen LogP contribution is 2.56. The van der Waals surface area contributed by atoms with Crippen molar-refractivity contribution >= 4 is 40.3 Å². The van der Waals surface area contributed by atoms with Crippen LogP contribution in [0.2, 0.25) is 0 Å². The zero-order valence-corrected chi connectivity index (χ0v) is 26.2. The Morgan fingerprint density at radius 2 is 1.67 bits per heavy atom. The number of carbonyl (C=O) groups is 1. The Morgan fingerprint density at radius 3 is 2.31 bits per heavy atom. The first-order valence-corrected chi connectivity index (χ1v) is 16.8. The van der Waals surface area contributed by atoms with E-state index in [1.54, 1.807) is 14.2 Å². The average molecular weight is 608 g/mol. The average Bonchev–Trinajstić information content (AvgIpc) is 3.52. The van der Waals surface area contributed by atoms with E-state index in [4.69, 9.17) is 26.1 Å². The van der Waals surface area contributed by atoms with Crippen molar-refractivity contribution in [1.82, 2.24) is 15.1 Å². The fourth-order valence-corrected chi connectivity index (χ4v) is 9.77. The van der Waals surface area contributed by atoms with Gasteiger partial charge in [0.05, 0.1) is 19.1 Å². The molecule has 1 aromatic heterocycles. The number of hydrogen-bond donors (Lipinski definition) is 1. The zero-order chi connectivity index (χ0) is 28.8. The number of hydrogen-bond acceptors (Lipinski definition) is 8. The smallest absolute Gasteiger partial charge is 0.266 e. The molecule has 0 radical (unpaired) electrons. The lowest BCUT2D eigenvalue weighted by atomic mass is 9.54. The van der Waals surface area contributed by atoms with Crippen molar-refractivity contribution in [2.75, 3.05) is 46.9 Å². The Bertz CT molecular complexity index is 1330. The fraction of sp³-hybridized carbons (Fsp3) is 0.576. The number of rotatable bonds is 9. The van der Waals surface area contributed by atoms with Gasteiger partial charge in [-0.05, 0) is 98.9 Å². The molecule has 4 saturated carbocycles. The molecule has 224 valence electrons. The summed E-state index contributed by atoms with van der Waals surface area (Å²) in [5.74, 6) is 5.89. The van der Waals surface area contributed by atoms with Crippen LogP contribution in [0.15, 0.2) is 33.6 Å². The van der Waals surface area contributed by atoms with E-state index in [1.807, 2.05) is 29.2 Å². The summed E-state index contributed by atoms with van der Waals surface area (Å²) in [6.45, 7) is 5.30. The van der Waals surface area contributed by atoms with Gasteiger partial charge in [-0.25, -0.2) is 0 Å². The molecule has 4 aliphatic carbocycles. The number of thiocarbonyl (C=S) groups is 1. The summed E-state index contributed by atoms with van der Waals surface area (Å²) >= 11 is 7.33. The highest BCUT2D eigenvalue weighted by Gasteiger charge is 2.53. The van der Waals surface area contributed by atoms with Crippen LogP contribution in [0.1, 0.15) is 49.8 Å². The van der Waals surface area contributed by atoms with Crippen molar-refractivity contribution in [3.05, 3.63) is 40.5 Å². The molecule has 2 saturated heterocycles. The first-order chi connectivity index (χ1) is 20.5. The number of ether oxygens (including phenoxy) is 2. The molecular formula is C33H41N3O4S2. The molecule has 0 spiro atoms. The predicted molar refractivity (Wildman–Crippen MR) is 171 cm³/mol. The Balaban J connectivity index is 1.17. The van der Waals surface area contributed by atoms with Gasteiger partial charge in [-0.15, -0.1) is 0 Å². The largest absolute Gasteiger partial charge is 0.497 e. The third-order valence-corrected chi connectivity index (χ3v) is 11.5. The second-order valence-electron chi connectivity index (χ2n) is 12.8. The molecule has 1 amide bonds. The van der Waals surface area contributed by atoms with E-state index in [2.05, 4.69) is 16.3 Å². The van der Waals surface area contributed by atoms with Gasteiger partial charge in [0.15, 0.2) is 0 Å². The van der Waals surface area contributed by atoms with Gasteiger partial charge in [0.25, 0.3) is 5.91 Å². The van der Waals surface area contributed by atoms with Crippen LogP contribution in [0.3, 0.4) is 0 Å². The molecule has 2 aliphatic heterocycles. The first kappa shape index (κ1) is 28.4. The molecule has 0 unspecified atom stereocenters. The maximum Gasteiger partial charge on any atom is 0.266 e. The Hall–Kier alpha value is -2.33. The fourth-order valence-electron chi connectivity index (χ4n) is 8.45. The molecule has 7 nitrogen and oxygen atoms in total. The van der Waals surface area contributed by atoms with E-state index < -0.39 is 0 Å². The lowest BCUT2D eigenvalue weighted by molar-refractivity contribution is -0.130. The van der Waals surface area contributed by atoms with E-state index in [0.717, 1.165) is 80.0 Å². The maximum atomic E-state index is 14.0. The van der Waals surface area contributed by atoms with E-state index in [1.165, 1.54) is 43.9 Å². The summed E-state index contributed by atoms with van der Waals surface area (Å²) in [4.78, 5) is 19.2. The molecule has 6 aliphatic rings. The third kappa shape index (κ3) is 5.53. The Labute approximate surface area is 258 Å². The summed E-state index contributed by atoms with van der Waals surface area (Å²) in [7, 11) is 3.30. The number of benzene rings is 1.